The molecule has 0 aliphatic carbocycles. The Labute approximate surface area is 165 Å². The Morgan fingerprint density at radius 2 is 1.96 bits per heavy atom. The van der Waals surface area contributed by atoms with Crippen LogP contribution in [0.4, 0.5) is 5.69 Å². The Bertz CT molecular complexity index is 1020. The molecule has 1 aromatic rings. The van der Waals surface area contributed by atoms with Crippen LogP contribution in [0.15, 0.2) is 83.3 Å². The van der Waals surface area contributed by atoms with Crippen molar-refractivity contribution in [2.75, 3.05) is 11.9 Å². The lowest BCUT2D eigenvalue weighted by Gasteiger charge is -2.26. The summed E-state index contributed by atoms with van der Waals surface area (Å²) in [4.78, 5) is 5.29. The van der Waals surface area contributed by atoms with E-state index < -0.39 is 0 Å². The summed E-state index contributed by atoms with van der Waals surface area (Å²) in [5.41, 5.74) is 1.36. The van der Waals surface area contributed by atoms with Crippen LogP contribution >= 0.6 is 0 Å². The molecule has 3 rings (SSSR count). The Balaban J connectivity index is 1.87. The quantitative estimate of drug-likeness (QED) is 0.512. The second kappa shape index (κ2) is 7.50. The highest BCUT2D eigenvalue weighted by Crippen LogP contribution is 2.37. The van der Waals surface area contributed by atoms with Crippen molar-refractivity contribution < 1.29 is 9.47 Å². The minimum Gasteiger partial charge on any atom is -0.461 e. The molecule has 2 heterocycles. The molecule has 140 valence electrons. The van der Waals surface area contributed by atoms with Gasteiger partial charge in [0.1, 0.15) is 11.5 Å². The van der Waals surface area contributed by atoms with Crippen molar-refractivity contribution in [3.63, 3.8) is 0 Å². The molecule has 5 heteroatoms. The molecule has 0 atom stereocenters. The maximum absolute atomic E-state index is 9.22. The van der Waals surface area contributed by atoms with Crippen LogP contribution in [-0.4, -0.2) is 7.05 Å². The predicted molar refractivity (Wildman–Crippen MR) is 109 cm³/mol. The second-order valence-corrected chi connectivity index (χ2v) is 7.43. The van der Waals surface area contributed by atoms with Gasteiger partial charge in [0.25, 0.3) is 5.70 Å². The molecule has 0 N–H and O–H groups in total. The van der Waals surface area contributed by atoms with E-state index in [4.69, 9.17) is 16.0 Å². The number of nitrogens with zero attached hydrogens (tertiary/aromatic N) is 3. The molecule has 0 saturated heterocycles. The number of hydrogen-bond acceptors (Lipinski definition) is 4. The summed E-state index contributed by atoms with van der Waals surface area (Å²) in [6.45, 7) is 13.3. The van der Waals surface area contributed by atoms with Crippen molar-refractivity contribution in [2.45, 2.75) is 20.8 Å². The van der Waals surface area contributed by atoms with Gasteiger partial charge in [0.15, 0.2) is 11.6 Å². The molecule has 2 aliphatic rings. The molecule has 0 radical (unpaired) electrons. The highest BCUT2D eigenvalue weighted by molar-refractivity contribution is 5.65. The number of ether oxygens (including phenoxy) is 2. The van der Waals surface area contributed by atoms with Gasteiger partial charge in [-0.2, -0.15) is 0 Å². The lowest BCUT2D eigenvalue weighted by Crippen LogP contribution is -2.15. The molecular weight excluding hydrogens is 350 g/mol. The molecular formula is C23H21N3O2. The van der Waals surface area contributed by atoms with Gasteiger partial charge in [0.05, 0.1) is 18.3 Å². The highest BCUT2D eigenvalue weighted by Gasteiger charge is 2.24. The molecule has 0 amide bonds. The Morgan fingerprint density at radius 1 is 1.21 bits per heavy atom. The molecule has 0 spiro atoms. The largest absolute Gasteiger partial charge is 0.461 e. The van der Waals surface area contributed by atoms with Crippen molar-refractivity contribution in [2.24, 2.45) is 5.41 Å². The maximum atomic E-state index is 9.22. The van der Waals surface area contributed by atoms with E-state index >= 15 is 0 Å². The van der Waals surface area contributed by atoms with Crippen LogP contribution in [0.1, 0.15) is 20.8 Å². The number of rotatable bonds is 2. The number of nitriles is 1. The van der Waals surface area contributed by atoms with E-state index in [1.165, 1.54) is 0 Å². The van der Waals surface area contributed by atoms with Crippen molar-refractivity contribution in [1.29, 1.82) is 5.26 Å². The fourth-order valence-corrected chi connectivity index (χ4v) is 2.76. The van der Waals surface area contributed by atoms with Crippen molar-refractivity contribution in [3.05, 3.63) is 94.7 Å². The average molecular weight is 371 g/mol. The number of benzene rings is 1. The van der Waals surface area contributed by atoms with Gasteiger partial charge in [-0.15, -0.1) is 0 Å². The van der Waals surface area contributed by atoms with Gasteiger partial charge < -0.3 is 14.4 Å². The molecule has 0 aromatic heterocycles. The predicted octanol–water partition coefficient (Wildman–Crippen LogP) is 5.45. The van der Waals surface area contributed by atoms with E-state index in [0.29, 0.717) is 23.0 Å². The van der Waals surface area contributed by atoms with Gasteiger partial charge in [-0.05, 0) is 42.0 Å². The molecule has 0 unspecified atom stereocenters. The summed E-state index contributed by atoms with van der Waals surface area (Å²) in [5.74, 6) is 2.79. The first kappa shape index (κ1) is 19.1. The molecule has 2 aliphatic heterocycles. The summed E-state index contributed by atoms with van der Waals surface area (Å²) < 4.78 is 11.8. The minimum absolute atomic E-state index is 0.0450. The smallest absolute Gasteiger partial charge is 0.269 e. The molecule has 28 heavy (non-hydrogen) atoms. The number of para-hydroxylation sites is 2. The van der Waals surface area contributed by atoms with Crippen LogP contribution in [0.25, 0.3) is 4.85 Å². The normalized spacial score (nSPS) is 19.2. The van der Waals surface area contributed by atoms with Crippen molar-refractivity contribution >= 4 is 5.69 Å². The number of anilines is 1. The molecule has 0 bridgehead atoms. The zero-order valence-electron chi connectivity index (χ0n) is 16.4. The lowest BCUT2D eigenvalue weighted by atomic mass is 9.91. The fourth-order valence-electron chi connectivity index (χ4n) is 2.76. The van der Waals surface area contributed by atoms with Gasteiger partial charge in [0.2, 0.25) is 0 Å². The first-order chi connectivity index (χ1) is 13.3. The lowest BCUT2D eigenvalue weighted by molar-refractivity contribution is 0.223. The minimum atomic E-state index is -0.254. The van der Waals surface area contributed by atoms with Crippen LogP contribution in [0.5, 0.6) is 5.75 Å². The van der Waals surface area contributed by atoms with E-state index in [0.717, 1.165) is 11.4 Å². The first-order valence-corrected chi connectivity index (χ1v) is 8.86. The maximum Gasteiger partial charge on any atom is 0.269 e. The van der Waals surface area contributed by atoms with E-state index in [9.17, 15) is 5.26 Å². The van der Waals surface area contributed by atoms with Gasteiger partial charge >= 0.3 is 0 Å². The third-order valence-electron chi connectivity index (χ3n) is 4.31. The summed E-state index contributed by atoms with van der Waals surface area (Å²) in [7, 11) is 1.94. The molecule has 0 fully saturated rings. The van der Waals surface area contributed by atoms with Crippen LogP contribution < -0.4 is 9.64 Å². The van der Waals surface area contributed by atoms with Crippen LogP contribution in [0.2, 0.25) is 0 Å². The summed E-state index contributed by atoms with van der Waals surface area (Å²) in [6, 6.07) is 9.78. The van der Waals surface area contributed by atoms with Crippen molar-refractivity contribution in [1.82, 2.24) is 0 Å². The second-order valence-electron chi connectivity index (χ2n) is 7.43. The topological polar surface area (TPSA) is 49.8 Å². The van der Waals surface area contributed by atoms with E-state index in [2.05, 4.69) is 4.85 Å². The first-order valence-electron chi connectivity index (χ1n) is 8.86. The third-order valence-corrected chi connectivity index (χ3v) is 4.31. The van der Waals surface area contributed by atoms with E-state index in [1.807, 2.05) is 75.2 Å². The summed E-state index contributed by atoms with van der Waals surface area (Å²) in [5, 5.41) is 9.22. The third kappa shape index (κ3) is 3.84. The number of hydrogen-bond donors (Lipinski definition) is 0. The average Bonchev–Trinajstić information content (AvgIpc) is 2.98. The van der Waals surface area contributed by atoms with Gasteiger partial charge in [-0.25, -0.2) is 10.1 Å². The van der Waals surface area contributed by atoms with Gasteiger partial charge in [-0.3, -0.25) is 0 Å². The Hall–Kier alpha value is -3.70. The zero-order chi connectivity index (χ0) is 20.3. The highest BCUT2D eigenvalue weighted by atomic mass is 16.5. The summed E-state index contributed by atoms with van der Waals surface area (Å²) >= 11 is 0. The van der Waals surface area contributed by atoms with Crippen LogP contribution in [0.3, 0.4) is 0 Å². The molecule has 0 saturated carbocycles. The Kier molecular flexibility index (Phi) is 5.11. The van der Waals surface area contributed by atoms with Gasteiger partial charge in [0, 0.05) is 12.5 Å². The van der Waals surface area contributed by atoms with Crippen LogP contribution in [0, 0.1) is 23.3 Å². The van der Waals surface area contributed by atoms with Gasteiger partial charge in [-0.1, -0.05) is 39.0 Å². The SMILES string of the molecule is [C-]#[N+]/C(C#N)=C1C=C(/C=C/C=C2\Oc3ccccc3N2C)OC(C(C)(C)C)=C/1. The zero-order valence-corrected chi connectivity index (χ0v) is 16.4. The molecule has 5 nitrogen and oxygen atoms in total. The number of allylic oxidation sites excluding steroid dienone is 8. The summed E-state index contributed by atoms with van der Waals surface area (Å²) in [6.07, 6.45) is 8.94. The van der Waals surface area contributed by atoms with E-state index in [-0.39, 0.29) is 11.1 Å². The number of fused-ring (bicyclic) bond motifs is 1. The monoisotopic (exact) mass is 371 g/mol. The molecule has 1 aromatic carbocycles. The van der Waals surface area contributed by atoms with E-state index in [1.54, 1.807) is 18.2 Å². The van der Waals surface area contributed by atoms with Crippen molar-refractivity contribution in [3.8, 4) is 11.8 Å². The van der Waals surface area contributed by atoms with Crippen LogP contribution in [-0.2, 0) is 4.74 Å². The Morgan fingerprint density at radius 3 is 2.61 bits per heavy atom. The standard InChI is InChI=1S/C23H21N3O2/c1-23(2,3)21-14-16(18(15-24)25-4)13-17(27-21)9-8-12-22-26(5)19-10-6-7-11-20(19)28-22/h6-14H,1-3,5H3/b9-8+,18-16-,22-12-. The fraction of sp³-hybridized carbons (Fsp3) is 0.217.